The van der Waals surface area contributed by atoms with E-state index in [2.05, 4.69) is 37.0 Å². The molecule has 236 valence electrons. The first-order chi connectivity index (χ1) is 21.0. The molecule has 2 saturated heterocycles. The average molecular weight is 636 g/mol. The number of nitrogens with zero attached hydrogens (tertiary/aromatic N) is 6. The van der Waals surface area contributed by atoms with Gasteiger partial charge in [0.15, 0.2) is 5.13 Å². The molecule has 44 heavy (non-hydrogen) atoms. The van der Waals surface area contributed by atoms with Crippen molar-refractivity contribution in [3.8, 4) is 11.3 Å². The van der Waals surface area contributed by atoms with Crippen LogP contribution in [0.1, 0.15) is 53.5 Å². The van der Waals surface area contributed by atoms with Gasteiger partial charge in [-0.3, -0.25) is 24.7 Å². The van der Waals surface area contributed by atoms with Gasteiger partial charge < -0.3 is 10.0 Å². The Morgan fingerprint density at radius 3 is 2.50 bits per heavy atom. The van der Waals surface area contributed by atoms with E-state index < -0.39 is 29.4 Å². The van der Waals surface area contributed by atoms with Gasteiger partial charge in [-0.25, -0.2) is 19.3 Å². The molecule has 0 spiro atoms. The molecule has 1 amide bonds. The standard InChI is InChI=1S/C29H33F4N7O3S/c1-18-4-2-3-6-40(18)17-23-26(19-12-20(29(31,32)33)14-21(30)13-19)36-28(44-23)37-27(43)22-15-35-24(16-34-22)39-10-8-38(9-11-39)7-5-25(41)42/h12-16,18H,2-11,17H2,1H3,(H,41,42)(H,36,37,43). The van der Waals surface area contributed by atoms with Crippen LogP contribution in [-0.4, -0.2) is 87.0 Å². The largest absolute Gasteiger partial charge is 0.481 e. The quantitative estimate of drug-likeness (QED) is 0.314. The van der Waals surface area contributed by atoms with Crippen molar-refractivity contribution < 1.29 is 32.3 Å². The van der Waals surface area contributed by atoms with Crippen molar-refractivity contribution in [3.63, 3.8) is 0 Å². The molecule has 0 bridgehead atoms. The third-order valence-corrected chi connectivity index (χ3v) is 8.87. The van der Waals surface area contributed by atoms with Crippen molar-refractivity contribution in [2.24, 2.45) is 0 Å². The Labute approximate surface area is 255 Å². The fourth-order valence-electron chi connectivity index (χ4n) is 5.42. The first-order valence-electron chi connectivity index (χ1n) is 14.4. The van der Waals surface area contributed by atoms with Crippen LogP contribution in [0.2, 0.25) is 0 Å². The summed E-state index contributed by atoms with van der Waals surface area (Å²) < 4.78 is 54.8. The van der Waals surface area contributed by atoms with Crippen molar-refractivity contribution in [2.45, 2.75) is 51.4 Å². The number of rotatable bonds is 9. The van der Waals surface area contributed by atoms with Crippen LogP contribution in [0.25, 0.3) is 11.3 Å². The number of carboxylic acids is 1. The number of aromatic nitrogens is 3. The monoisotopic (exact) mass is 635 g/mol. The topological polar surface area (TPSA) is 115 Å². The molecule has 0 aliphatic carbocycles. The minimum absolute atomic E-state index is 0.0130. The van der Waals surface area contributed by atoms with Crippen molar-refractivity contribution >= 4 is 34.2 Å². The molecule has 2 aliphatic heterocycles. The molecule has 3 aromatic rings. The van der Waals surface area contributed by atoms with Crippen molar-refractivity contribution in [1.29, 1.82) is 0 Å². The summed E-state index contributed by atoms with van der Waals surface area (Å²) in [5.74, 6) is -1.86. The van der Waals surface area contributed by atoms with Crippen LogP contribution in [0.3, 0.4) is 0 Å². The number of alkyl halides is 3. The lowest BCUT2D eigenvalue weighted by molar-refractivity contribution is -0.138. The van der Waals surface area contributed by atoms with E-state index in [1.54, 1.807) is 0 Å². The fourth-order valence-corrected chi connectivity index (χ4v) is 6.43. The number of thiazole rings is 1. The van der Waals surface area contributed by atoms with E-state index >= 15 is 0 Å². The maximum Gasteiger partial charge on any atom is 0.416 e. The summed E-state index contributed by atoms with van der Waals surface area (Å²) in [6, 6.07) is 2.61. The minimum Gasteiger partial charge on any atom is -0.481 e. The lowest BCUT2D eigenvalue weighted by atomic mass is 10.0. The average Bonchev–Trinajstić information content (AvgIpc) is 3.38. The number of benzene rings is 1. The summed E-state index contributed by atoms with van der Waals surface area (Å²) in [6.45, 7) is 6.42. The molecule has 15 heteroatoms. The molecule has 1 atom stereocenters. The van der Waals surface area contributed by atoms with Gasteiger partial charge in [0.2, 0.25) is 0 Å². The van der Waals surface area contributed by atoms with E-state index in [-0.39, 0.29) is 34.5 Å². The highest BCUT2D eigenvalue weighted by atomic mass is 32.1. The minimum atomic E-state index is -4.73. The van der Waals surface area contributed by atoms with Crippen LogP contribution in [-0.2, 0) is 17.5 Å². The van der Waals surface area contributed by atoms with E-state index in [1.807, 2.05) is 4.90 Å². The molecule has 4 heterocycles. The third-order valence-electron chi connectivity index (χ3n) is 7.91. The molecule has 1 aromatic carbocycles. The number of hydrogen-bond donors (Lipinski definition) is 2. The van der Waals surface area contributed by atoms with Crippen LogP contribution >= 0.6 is 11.3 Å². The molecule has 10 nitrogen and oxygen atoms in total. The Hall–Kier alpha value is -3.69. The molecule has 2 fully saturated rings. The normalized spacial score (nSPS) is 18.4. The zero-order chi connectivity index (χ0) is 31.4. The maximum absolute atomic E-state index is 14.3. The van der Waals surface area contributed by atoms with Gasteiger partial charge in [0, 0.05) is 55.8 Å². The Bertz CT molecular complexity index is 1480. The smallest absolute Gasteiger partial charge is 0.416 e. The zero-order valence-electron chi connectivity index (χ0n) is 24.1. The Morgan fingerprint density at radius 1 is 1.07 bits per heavy atom. The molecule has 2 N–H and O–H groups in total. The first-order valence-corrected chi connectivity index (χ1v) is 15.2. The molecule has 2 aromatic heterocycles. The van der Waals surface area contributed by atoms with E-state index in [0.29, 0.717) is 56.0 Å². The van der Waals surface area contributed by atoms with Crippen LogP contribution in [0.4, 0.5) is 28.5 Å². The number of amides is 1. The Balaban J connectivity index is 1.32. The van der Waals surface area contributed by atoms with Crippen molar-refractivity contribution in [3.05, 3.63) is 52.5 Å². The van der Waals surface area contributed by atoms with Crippen LogP contribution < -0.4 is 10.2 Å². The summed E-state index contributed by atoms with van der Waals surface area (Å²) in [7, 11) is 0. The van der Waals surface area contributed by atoms with E-state index in [0.717, 1.165) is 49.3 Å². The second-order valence-electron chi connectivity index (χ2n) is 11.0. The molecule has 0 radical (unpaired) electrons. The van der Waals surface area contributed by atoms with Gasteiger partial charge in [0.25, 0.3) is 5.91 Å². The van der Waals surface area contributed by atoms with Crippen LogP contribution in [0, 0.1) is 5.82 Å². The van der Waals surface area contributed by atoms with Gasteiger partial charge in [-0.1, -0.05) is 17.8 Å². The molecule has 2 aliphatic rings. The summed E-state index contributed by atoms with van der Waals surface area (Å²) in [6.07, 6.45) is 1.26. The van der Waals surface area contributed by atoms with Gasteiger partial charge in [-0.05, 0) is 44.5 Å². The first kappa shape index (κ1) is 31.7. The summed E-state index contributed by atoms with van der Waals surface area (Å²) >= 11 is 1.14. The van der Waals surface area contributed by atoms with Crippen molar-refractivity contribution in [2.75, 3.05) is 49.5 Å². The van der Waals surface area contributed by atoms with Gasteiger partial charge in [-0.15, -0.1) is 0 Å². The number of carboxylic acid groups (broad SMARTS) is 1. The second-order valence-corrected chi connectivity index (χ2v) is 12.1. The summed E-state index contributed by atoms with van der Waals surface area (Å²) in [5, 5.41) is 11.7. The predicted molar refractivity (Wildman–Crippen MR) is 157 cm³/mol. The molecule has 0 saturated carbocycles. The van der Waals surface area contributed by atoms with Gasteiger partial charge in [0.1, 0.15) is 17.3 Å². The molecular formula is C29H33F4N7O3S. The number of anilines is 2. The van der Waals surface area contributed by atoms with E-state index in [1.165, 1.54) is 12.4 Å². The maximum atomic E-state index is 14.3. The van der Waals surface area contributed by atoms with Crippen LogP contribution in [0.15, 0.2) is 30.6 Å². The van der Waals surface area contributed by atoms with Gasteiger partial charge in [0.05, 0.1) is 30.1 Å². The number of halogens is 4. The number of carbonyl (C=O) groups excluding carboxylic acids is 1. The second kappa shape index (κ2) is 13.5. The number of hydrogen-bond acceptors (Lipinski definition) is 9. The SMILES string of the molecule is CC1CCCCN1Cc1sc(NC(=O)c2cnc(N3CCN(CCC(=O)O)CC3)cn2)nc1-c1cc(F)cc(C(F)(F)F)c1. The summed E-state index contributed by atoms with van der Waals surface area (Å²) in [5.41, 5.74) is -0.903. The number of aliphatic carboxylic acids is 1. The lowest BCUT2D eigenvalue weighted by Crippen LogP contribution is -2.47. The zero-order valence-corrected chi connectivity index (χ0v) is 24.9. The Kier molecular flexibility index (Phi) is 9.75. The Morgan fingerprint density at radius 2 is 1.84 bits per heavy atom. The fraction of sp³-hybridized carbons (Fsp3) is 0.483. The number of likely N-dealkylation sites (tertiary alicyclic amines) is 1. The van der Waals surface area contributed by atoms with E-state index in [9.17, 15) is 27.2 Å². The predicted octanol–water partition coefficient (Wildman–Crippen LogP) is 4.98. The van der Waals surface area contributed by atoms with Crippen LogP contribution in [0.5, 0.6) is 0 Å². The molecular weight excluding hydrogens is 602 g/mol. The highest BCUT2D eigenvalue weighted by Crippen LogP contribution is 2.37. The molecule has 1 unspecified atom stereocenters. The van der Waals surface area contributed by atoms with E-state index in [4.69, 9.17) is 5.11 Å². The van der Waals surface area contributed by atoms with Gasteiger partial charge >= 0.3 is 12.1 Å². The highest BCUT2D eigenvalue weighted by Gasteiger charge is 2.32. The molecule has 5 rings (SSSR count). The third kappa shape index (κ3) is 7.87. The van der Waals surface area contributed by atoms with Gasteiger partial charge in [-0.2, -0.15) is 13.2 Å². The number of carbonyl (C=O) groups is 2. The highest BCUT2D eigenvalue weighted by molar-refractivity contribution is 7.16. The number of piperazine rings is 1. The number of nitrogens with one attached hydrogen (secondary N) is 1. The summed E-state index contributed by atoms with van der Waals surface area (Å²) in [4.78, 5) is 43.9. The number of piperidine rings is 1. The lowest BCUT2D eigenvalue weighted by Gasteiger charge is -2.34. The van der Waals surface area contributed by atoms with Crippen molar-refractivity contribution in [1.82, 2.24) is 24.8 Å².